The smallest absolute Gasteiger partial charge is 0.0998 e. The number of nitrogens with zero attached hydrogens (tertiary/aromatic N) is 4. The standard InChI is InChI=1S/C37H46N4O/c1-39-32-16-10-9-15-28(32)29-17-20-38-33(34(29)39)30-25-37(42)19-11-5-2-3-6-12-21-40-23-18-31(30)36(26-40)24-27-14-8-4-7-13-22-41(27)35(36)37/h2,5,8-10,14-17,20,25,27,31,35,42H,3-4,6-7,11-13,18-19,21-24,26H2,1H3/b5-2-,14-8-/t27-,31-,35+,36-,37-/m0/s1. The van der Waals surface area contributed by atoms with Gasteiger partial charge in [-0.3, -0.25) is 9.88 Å². The van der Waals surface area contributed by atoms with Gasteiger partial charge in [0.05, 0.1) is 22.9 Å². The number of rotatable bonds is 1. The molecule has 6 heterocycles. The molecule has 3 bridgehead atoms. The fraction of sp³-hybridized carbons (Fsp3) is 0.541. The number of para-hydroxylation sites is 1. The maximum absolute atomic E-state index is 13.1. The van der Waals surface area contributed by atoms with Crippen LogP contribution in [0.15, 0.2) is 66.9 Å². The van der Waals surface area contributed by atoms with Crippen molar-refractivity contribution < 1.29 is 5.11 Å². The van der Waals surface area contributed by atoms with Crippen molar-refractivity contribution in [2.24, 2.45) is 18.4 Å². The molecule has 1 unspecified atom stereocenters. The molecule has 220 valence electrons. The highest BCUT2D eigenvalue weighted by molar-refractivity contribution is 6.10. The Bertz CT molecular complexity index is 1580. The van der Waals surface area contributed by atoms with E-state index in [1.807, 2.05) is 6.20 Å². The van der Waals surface area contributed by atoms with E-state index in [0.29, 0.717) is 12.0 Å². The van der Waals surface area contributed by atoms with Crippen LogP contribution < -0.4 is 0 Å². The molecule has 5 heteroatoms. The Kier molecular flexibility index (Phi) is 6.69. The van der Waals surface area contributed by atoms with E-state index in [1.54, 1.807) is 0 Å². The van der Waals surface area contributed by atoms with Gasteiger partial charge < -0.3 is 14.6 Å². The van der Waals surface area contributed by atoms with Crippen LogP contribution in [0.1, 0.15) is 69.9 Å². The minimum atomic E-state index is -0.899. The molecule has 0 saturated carbocycles. The van der Waals surface area contributed by atoms with Crippen molar-refractivity contribution in [2.45, 2.75) is 81.9 Å². The van der Waals surface area contributed by atoms with E-state index in [-0.39, 0.29) is 11.5 Å². The molecule has 2 aromatic heterocycles. The summed E-state index contributed by atoms with van der Waals surface area (Å²) in [5.41, 5.74) is 3.96. The zero-order chi connectivity index (χ0) is 28.3. The van der Waals surface area contributed by atoms with Gasteiger partial charge in [-0.2, -0.15) is 0 Å². The van der Waals surface area contributed by atoms with Gasteiger partial charge in [0.15, 0.2) is 0 Å². The van der Waals surface area contributed by atoms with Crippen LogP contribution >= 0.6 is 0 Å². The first-order chi connectivity index (χ1) is 20.6. The number of allylic oxidation sites excluding steroid dienone is 4. The van der Waals surface area contributed by atoms with Crippen LogP contribution in [0.4, 0.5) is 0 Å². The second kappa shape index (κ2) is 10.5. The molecule has 5 aliphatic rings. The summed E-state index contributed by atoms with van der Waals surface area (Å²) in [5, 5.41) is 15.7. The first-order valence-electron chi connectivity index (χ1n) is 16.7. The first-order valence-corrected chi connectivity index (χ1v) is 16.7. The number of piperidine rings is 1. The van der Waals surface area contributed by atoms with Gasteiger partial charge >= 0.3 is 0 Å². The SMILES string of the molecule is Cn1c2ccccc2c2ccnc(C3=C[C@@]4(O)CC/C=C\CCCCN5CC[C@@H]3[C@]3(C[C@@H]6/C=C\CCCCN6[C@H]34)C5)c21. The van der Waals surface area contributed by atoms with Gasteiger partial charge in [-0.15, -0.1) is 0 Å². The number of hydrogen-bond donors (Lipinski definition) is 1. The third-order valence-corrected chi connectivity index (χ3v) is 11.5. The van der Waals surface area contributed by atoms with Crippen LogP contribution in [0.2, 0.25) is 0 Å². The number of benzene rings is 1. The van der Waals surface area contributed by atoms with Crippen LogP contribution in [0, 0.1) is 11.3 Å². The number of hydrogen-bond acceptors (Lipinski definition) is 4. The molecule has 5 nitrogen and oxygen atoms in total. The number of aryl methyl sites for hydroxylation is 1. The highest BCUT2D eigenvalue weighted by atomic mass is 16.3. The Morgan fingerprint density at radius 1 is 0.905 bits per heavy atom. The van der Waals surface area contributed by atoms with Crippen LogP contribution in [0.5, 0.6) is 0 Å². The van der Waals surface area contributed by atoms with E-state index in [4.69, 9.17) is 4.98 Å². The van der Waals surface area contributed by atoms with E-state index >= 15 is 0 Å². The fourth-order valence-corrected chi connectivity index (χ4v) is 9.93. The van der Waals surface area contributed by atoms with Crippen molar-refractivity contribution in [3.05, 3.63) is 72.6 Å². The van der Waals surface area contributed by atoms with Crippen molar-refractivity contribution in [3.8, 4) is 0 Å². The average molecular weight is 563 g/mol. The number of pyridine rings is 1. The van der Waals surface area contributed by atoms with Crippen molar-refractivity contribution in [3.63, 3.8) is 0 Å². The molecule has 4 aliphatic heterocycles. The summed E-state index contributed by atoms with van der Waals surface area (Å²) in [4.78, 5) is 10.7. The molecule has 1 aromatic carbocycles. The van der Waals surface area contributed by atoms with E-state index in [9.17, 15) is 5.11 Å². The van der Waals surface area contributed by atoms with Crippen LogP contribution in [0.25, 0.3) is 27.4 Å². The van der Waals surface area contributed by atoms with Crippen molar-refractivity contribution in [2.75, 3.05) is 26.2 Å². The van der Waals surface area contributed by atoms with E-state index in [1.165, 1.54) is 66.0 Å². The van der Waals surface area contributed by atoms with Gasteiger partial charge in [0.1, 0.15) is 0 Å². The summed E-state index contributed by atoms with van der Waals surface area (Å²) >= 11 is 0. The molecule has 0 amide bonds. The summed E-state index contributed by atoms with van der Waals surface area (Å²) in [6.45, 7) is 4.48. The maximum Gasteiger partial charge on any atom is 0.0998 e. The zero-order valence-corrected chi connectivity index (χ0v) is 25.2. The number of fused-ring (bicyclic) bond motifs is 5. The van der Waals surface area contributed by atoms with Crippen molar-refractivity contribution in [1.29, 1.82) is 0 Å². The number of aliphatic hydroxyl groups is 1. The molecular weight excluding hydrogens is 516 g/mol. The summed E-state index contributed by atoms with van der Waals surface area (Å²) in [6, 6.07) is 11.5. The van der Waals surface area contributed by atoms with Crippen molar-refractivity contribution in [1.82, 2.24) is 19.4 Å². The van der Waals surface area contributed by atoms with E-state index in [0.717, 1.165) is 57.4 Å². The molecular formula is C37H46N4O. The Labute approximate surface area is 250 Å². The van der Waals surface area contributed by atoms with Gasteiger partial charge in [0, 0.05) is 47.5 Å². The number of aromatic nitrogens is 2. The second-order valence-corrected chi connectivity index (χ2v) is 13.9. The summed E-state index contributed by atoms with van der Waals surface area (Å²) in [6.07, 6.45) is 25.3. The largest absolute Gasteiger partial charge is 0.384 e. The lowest BCUT2D eigenvalue weighted by Crippen LogP contribution is -2.65. The molecule has 42 heavy (non-hydrogen) atoms. The normalized spacial score (nSPS) is 37.0. The summed E-state index contributed by atoms with van der Waals surface area (Å²) in [5.74, 6) is 0.387. The molecule has 1 aliphatic carbocycles. The lowest BCUT2D eigenvalue weighted by molar-refractivity contribution is -0.0894. The van der Waals surface area contributed by atoms with E-state index in [2.05, 4.69) is 82.1 Å². The molecule has 2 saturated heterocycles. The maximum atomic E-state index is 13.1. The lowest BCUT2D eigenvalue weighted by atomic mass is 9.54. The quantitative estimate of drug-likeness (QED) is 0.329. The Morgan fingerprint density at radius 2 is 1.74 bits per heavy atom. The van der Waals surface area contributed by atoms with Crippen molar-refractivity contribution >= 4 is 27.4 Å². The molecule has 0 radical (unpaired) electrons. The van der Waals surface area contributed by atoms with Gasteiger partial charge in [-0.05, 0) is 114 Å². The molecule has 2 fully saturated rings. The third-order valence-electron chi connectivity index (χ3n) is 11.5. The second-order valence-electron chi connectivity index (χ2n) is 13.9. The van der Waals surface area contributed by atoms with Gasteiger partial charge in [0.2, 0.25) is 0 Å². The Morgan fingerprint density at radius 3 is 2.67 bits per heavy atom. The van der Waals surface area contributed by atoms with Crippen LogP contribution in [-0.4, -0.2) is 68.3 Å². The van der Waals surface area contributed by atoms with Crippen LogP contribution in [0.3, 0.4) is 0 Å². The summed E-state index contributed by atoms with van der Waals surface area (Å²) < 4.78 is 2.35. The predicted molar refractivity (Wildman–Crippen MR) is 172 cm³/mol. The average Bonchev–Trinajstić information content (AvgIpc) is 3.45. The third kappa shape index (κ3) is 4.11. The van der Waals surface area contributed by atoms with Gasteiger partial charge in [0.25, 0.3) is 0 Å². The first kappa shape index (κ1) is 26.9. The summed E-state index contributed by atoms with van der Waals surface area (Å²) in [7, 11) is 2.19. The minimum Gasteiger partial charge on any atom is -0.384 e. The van der Waals surface area contributed by atoms with E-state index < -0.39 is 5.60 Å². The highest BCUT2D eigenvalue weighted by Crippen LogP contribution is 2.61. The molecule has 1 spiro atoms. The fourth-order valence-electron chi connectivity index (χ4n) is 9.93. The topological polar surface area (TPSA) is 44.5 Å². The Hall–Kier alpha value is -2.73. The lowest BCUT2D eigenvalue weighted by Gasteiger charge is -2.58. The zero-order valence-electron chi connectivity index (χ0n) is 25.2. The highest BCUT2D eigenvalue weighted by Gasteiger charge is 2.65. The van der Waals surface area contributed by atoms with Gasteiger partial charge in [-0.25, -0.2) is 0 Å². The monoisotopic (exact) mass is 562 g/mol. The molecule has 1 N–H and O–H groups in total. The Balaban J connectivity index is 1.36. The van der Waals surface area contributed by atoms with Gasteiger partial charge in [-0.1, -0.05) is 42.5 Å². The predicted octanol–water partition coefficient (Wildman–Crippen LogP) is 6.87. The molecule has 8 rings (SSSR count). The van der Waals surface area contributed by atoms with Crippen LogP contribution in [-0.2, 0) is 7.05 Å². The molecule has 3 aromatic rings. The minimum absolute atomic E-state index is 0.00261. The molecule has 6 atom stereocenters.